The van der Waals surface area contributed by atoms with Gasteiger partial charge in [-0.25, -0.2) is 0 Å². The van der Waals surface area contributed by atoms with Crippen molar-refractivity contribution in [3.05, 3.63) is 58.5 Å². The monoisotopic (exact) mass is 257 g/mol. The lowest BCUT2D eigenvalue weighted by molar-refractivity contribution is -0.116. The van der Waals surface area contributed by atoms with E-state index < -0.39 is 0 Å². The number of anilines is 2. The van der Waals surface area contributed by atoms with Gasteiger partial charge in [0.05, 0.1) is 0 Å². The summed E-state index contributed by atoms with van der Waals surface area (Å²) in [5.74, 6) is -0.252. The Labute approximate surface area is 110 Å². The predicted molar refractivity (Wildman–Crippen MR) is 74.9 cm³/mol. The second kappa shape index (κ2) is 5.39. The number of hydrogen-bond acceptors (Lipinski definition) is 3. The third-order valence-corrected chi connectivity index (χ3v) is 2.72. The molecule has 0 aliphatic heterocycles. The number of rotatable bonds is 3. The van der Waals surface area contributed by atoms with E-state index in [-0.39, 0.29) is 18.0 Å². The number of aryl methyl sites for hydroxylation is 1. The number of aromatic nitrogens is 1. The molecule has 0 bridgehead atoms. The summed E-state index contributed by atoms with van der Waals surface area (Å²) < 4.78 is 1.38. The van der Waals surface area contributed by atoms with E-state index >= 15 is 0 Å². The highest BCUT2D eigenvalue weighted by Crippen LogP contribution is 2.10. The average molecular weight is 257 g/mol. The normalized spacial score (nSPS) is 10.2. The Morgan fingerprint density at radius 3 is 2.63 bits per heavy atom. The first-order valence-corrected chi connectivity index (χ1v) is 5.88. The summed E-state index contributed by atoms with van der Waals surface area (Å²) in [6.45, 7) is 1.71. The van der Waals surface area contributed by atoms with Crippen LogP contribution in [0.5, 0.6) is 0 Å². The molecule has 3 N–H and O–H groups in total. The Hall–Kier alpha value is -2.56. The van der Waals surface area contributed by atoms with E-state index in [9.17, 15) is 9.59 Å². The van der Waals surface area contributed by atoms with Gasteiger partial charge in [-0.05, 0) is 37.3 Å². The van der Waals surface area contributed by atoms with Crippen LogP contribution < -0.4 is 16.6 Å². The number of nitrogens with one attached hydrogen (secondary N) is 1. The van der Waals surface area contributed by atoms with E-state index in [4.69, 9.17) is 5.73 Å². The summed E-state index contributed by atoms with van der Waals surface area (Å²) in [5.41, 5.74) is 7.30. The molecular formula is C14H15N3O2. The largest absolute Gasteiger partial charge is 0.399 e. The number of hydrogen-bond donors (Lipinski definition) is 2. The summed E-state index contributed by atoms with van der Waals surface area (Å²) >= 11 is 0. The highest BCUT2D eigenvalue weighted by atomic mass is 16.2. The third-order valence-electron chi connectivity index (χ3n) is 2.72. The summed E-state index contributed by atoms with van der Waals surface area (Å²) in [7, 11) is 0. The third kappa shape index (κ3) is 3.22. The quantitative estimate of drug-likeness (QED) is 0.815. The number of carbonyl (C=O) groups is 1. The molecule has 0 saturated heterocycles. The van der Waals surface area contributed by atoms with Gasteiger partial charge in [0.2, 0.25) is 5.91 Å². The molecule has 1 aromatic heterocycles. The fourth-order valence-corrected chi connectivity index (χ4v) is 1.70. The molecule has 98 valence electrons. The summed E-state index contributed by atoms with van der Waals surface area (Å²) in [6, 6.07) is 10.3. The van der Waals surface area contributed by atoms with Crippen LogP contribution in [0.2, 0.25) is 0 Å². The smallest absolute Gasteiger partial charge is 0.253 e. The van der Waals surface area contributed by atoms with E-state index in [1.165, 1.54) is 4.57 Å². The van der Waals surface area contributed by atoms with Crippen molar-refractivity contribution in [1.82, 2.24) is 4.57 Å². The van der Waals surface area contributed by atoms with Crippen molar-refractivity contribution in [1.29, 1.82) is 0 Å². The topological polar surface area (TPSA) is 77.1 Å². The molecule has 2 aromatic rings. The first-order chi connectivity index (χ1) is 9.06. The van der Waals surface area contributed by atoms with Crippen LogP contribution in [-0.2, 0) is 11.3 Å². The van der Waals surface area contributed by atoms with Gasteiger partial charge >= 0.3 is 0 Å². The Kier molecular flexibility index (Phi) is 3.66. The molecule has 0 aliphatic rings. The molecule has 1 heterocycles. The van der Waals surface area contributed by atoms with Gasteiger partial charge < -0.3 is 15.6 Å². The number of nitrogens with two attached hydrogens (primary N) is 1. The lowest BCUT2D eigenvalue weighted by Gasteiger charge is -2.08. The van der Waals surface area contributed by atoms with Gasteiger partial charge in [-0.1, -0.05) is 6.07 Å². The Balaban J connectivity index is 2.07. The number of benzene rings is 1. The van der Waals surface area contributed by atoms with E-state index in [1.807, 2.05) is 0 Å². The molecule has 0 unspecified atom stereocenters. The van der Waals surface area contributed by atoms with Crippen LogP contribution in [0.1, 0.15) is 5.56 Å². The fraction of sp³-hybridized carbons (Fsp3) is 0.143. The Morgan fingerprint density at radius 1 is 1.26 bits per heavy atom. The van der Waals surface area contributed by atoms with Gasteiger partial charge in [-0.15, -0.1) is 0 Å². The summed E-state index contributed by atoms with van der Waals surface area (Å²) in [5, 5.41) is 2.71. The highest BCUT2D eigenvalue weighted by molar-refractivity contribution is 5.90. The number of pyridine rings is 1. The molecule has 5 nitrogen and oxygen atoms in total. The Morgan fingerprint density at radius 2 is 1.95 bits per heavy atom. The Bertz CT molecular complexity index is 644. The number of nitrogens with zero attached hydrogens (tertiary/aromatic N) is 1. The minimum absolute atomic E-state index is 0.00904. The first-order valence-electron chi connectivity index (χ1n) is 5.88. The zero-order valence-electron chi connectivity index (χ0n) is 10.6. The second-order valence-corrected chi connectivity index (χ2v) is 4.29. The van der Waals surface area contributed by atoms with Gasteiger partial charge in [0, 0.05) is 23.1 Å². The average Bonchev–Trinajstić information content (AvgIpc) is 2.38. The van der Waals surface area contributed by atoms with Crippen molar-refractivity contribution in [2.45, 2.75) is 13.5 Å². The molecule has 0 saturated carbocycles. The number of carbonyl (C=O) groups excluding carboxylic acids is 1. The van der Waals surface area contributed by atoms with E-state index in [2.05, 4.69) is 5.32 Å². The van der Waals surface area contributed by atoms with Crippen molar-refractivity contribution < 1.29 is 4.79 Å². The fourth-order valence-electron chi connectivity index (χ4n) is 1.70. The van der Waals surface area contributed by atoms with E-state index in [0.717, 1.165) is 0 Å². The minimum atomic E-state index is -0.252. The van der Waals surface area contributed by atoms with Crippen LogP contribution in [0, 0.1) is 6.92 Å². The van der Waals surface area contributed by atoms with Crippen molar-refractivity contribution in [3.8, 4) is 0 Å². The first kappa shape index (κ1) is 12.9. The van der Waals surface area contributed by atoms with Crippen LogP contribution in [0.15, 0.2) is 47.4 Å². The second-order valence-electron chi connectivity index (χ2n) is 4.29. The number of amides is 1. The molecule has 0 spiro atoms. The summed E-state index contributed by atoms with van der Waals surface area (Å²) in [6.07, 6.45) is 1.60. The van der Waals surface area contributed by atoms with Gasteiger partial charge in [0.15, 0.2) is 0 Å². The molecule has 0 atom stereocenters. The molecule has 1 aromatic carbocycles. The lowest BCUT2D eigenvalue weighted by atomic mass is 10.3. The van der Waals surface area contributed by atoms with E-state index in [1.54, 1.807) is 49.5 Å². The van der Waals surface area contributed by atoms with Gasteiger partial charge in [0.1, 0.15) is 6.54 Å². The number of nitrogen functional groups attached to an aromatic ring is 1. The molecule has 5 heteroatoms. The van der Waals surface area contributed by atoms with Gasteiger partial charge in [-0.2, -0.15) is 0 Å². The molecular weight excluding hydrogens is 242 g/mol. The highest BCUT2D eigenvalue weighted by Gasteiger charge is 2.05. The maximum Gasteiger partial charge on any atom is 0.253 e. The zero-order valence-corrected chi connectivity index (χ0v) is 10.6. The van der Waals surface area contributed by atoms with Crippen molar-refractivity contribution in [3.63, 3.8) is 0 Å². The lowest BCUT2D eigenvalue weighted by Crippen LogP contribution is -2.28. The molecule has 0 aliphatic carbocycles. The van der Waals surface area contributed by atoms with Crippen LogP contribution >= 0.6 is 0 Å². The maximum absolute atomic E-state index is 11.8. The molecule has 1 amide bonds. The molecule has 19 heavy (non-hydrogen) atoms. The van der Waals surface area contributed by atoms with Crippen LogP contribution in [-0.4, -0.2) is 10.5 Å². The van der Waals surface area contributed by atoms with Crippen molar-refractivity contribution in [2.24, 2.45) is 0 Å². The molecule has 0 fully saturated rings. The van der Waals surface area contributed by atoms with Crippen LogP contribution in [0.4, 0.5) is 11.4 Å². The van der Waals surface area contributed by atoms with E-state index in [0.29, 0.717) is 16.9 Å². The maximum atomic E-state index is 11.8. The minimum Gasteiger partial charge on any atom is -0.399 e. The molecule has 0 radical (unpaired) electrons. The van der Waals surface area contributed by atoms with Gasteiger partial charge in [0.25, 0.3) is 5.56 Å². The molecule has 2 rings (SSSR count). The van der Waals surface area contributed by atoms with Crippen LogP contribution in [0.3, 0.4) is 0 Å². The zero-order chi connectivity index (χ0) is 13.8. The van der Waals surface area contributed by atoms with Gasteiger partial charge in [-0.3, -0.25) is 9.59 Å². The van der Waals surface area contributed by atoms with Crippen LogP contribution in [0.25, 0.3) is 0 Å². The predicted octanol–water partition coefficient (Wildman–Crippen LogP) is 1.38. The SMILES string of the molecule is Cc1cccn(CC(=O)Nc2ccc(N)cc2)c1=O. The van der Waals surface area contributed by atoms with Crippen molar-refractivity contribution >= 4 is 17.3 Å². The summed E-state index contributed by atoms with van der Waals surface area (Å²) in [4.78, 5) is 23.6. The van der Waals surface area contributed by atoms with Crippen molar-refractivity contribution in [2.75, 3.05) is 11.1 Å². The standard InChI is InChI=1S/C14H15N3O2/c1-10-3-2-8-17(14(10)19)9-13(18)16-12-6-4-11(15)5-7-12/h2-8H,9,15H2,1H3,(H,16,18).